The summed E-state index contributed by atoms with van der Waals surface area (Å²) in [7, 11) is 0. The lowest BCUT2D eigenvalue weighted by molar-refractivity contribution is 0.584. The van der Waals surface area contributed by atoms with Crippen LogP contribution in [-0.2, 0) is 0 Å². The molecule has 0 bridgehead atoms. The molecule has 0 radical (unpaired) electrons. The van der Waals surface area contributed by atoms with E-state index in [1.807, 2.05) is 6.92 Å². The van der Waals surface area contributed by atoms with Gasteiger partial charge in [-0.15, -0.1) is 0 Å². The lowest BCUT2D eigenvalue weighted by Gasteiger charge is -2.06. The van der Waals surface area contributed by atoms with Crippen LogP contribution in [0.4, 0.5) is 0 Å². The lowest BCUT2D eigenvalue weighted by Crippen LogP contribution is -2.15. The molecule has 0 saturated heterocycles. The number of amidine groups is 1. The first-order chi connectivity index (χ1) is 4.70. The largest absolute Gasteiger partial charge is 0.387 e. The third-order valence-electron chi connectivity index (χ3n) is 1.62. The van der Waals surface area contributed by atoms with E-state index in [1.54, 1.807) is 0 Å². The summed E-state index contributed by atoms with van der Waals surface area (Å²) in [6.07, 6.45) is 2.13. The maximum Gasteiger partial charge on any atom is 0.0939 e. The van der Waals surface area contributed by atoms with Crippen LogP contribution in [0.25, 0.3) is 0 Å². The zero-order chi connectivity index (χ0) is 7.98. The van der Waals surface area contributed by atoms with E-state index >= 15 is 0 Å². The first kappa shape index (κ1) is 9.47. The SMILES string of the molecule is CCN=C(N)CC(C)CC. The van der Waals surface area contributed by atoms with Crippen molar-refractivity contribution in [1.29, 1.82) is 0 Å². The van der Waals surface area contributed by atoms with Crippen LogP contribution in [0.1, 0.15) is 33.6 Å². The predicted molar refractivity (Wildman–Crippen MR) is 46.2 cm³/mol. The molecule has 0 aromatic carbocycles. The Balaban J connectivity index is 3.56. The maximum atomic E-state index is 5.61. The summed E-state index contributed by atoms with van der Waals surface area (Å²) in [4.78, 5) is 4.11. The van der Waals surface area contributed by atoms with Crippen LogP contribution in [0.15, 0.2) is 4.99 Å². The molecule has 0 spiro atoms. The second-order valence-corrected chi connectivity index (χ2v) is 2.68. The highest BCUT2D eigenvalue weighted by atomic mass is 14.8. The average molecular weight is 142 g/mol. The molecular formula is C8H18N2. The fourth-order valence-electron chi connectivity index (χ4n) is 0.769. The van der Waals surface area contributed by atoms with E-state index < -0.39 is 0 Å². The van der Waals surface area contributed by atoms with Crippen molar-refractivity contribution in [2.45, 2.75) is 33.6 Å². The van der Waals surface area contributed by atoms with Gasteiger partial charge in [0.25, 0.3) is 0 Å². The second-order valence-electron chi connectivity index (χ2n) is 2.68. The Morgan fingerprint density at radius 3 is 2.50 bits per heavy atom. The molecule has 60 valence electrons. The molecule has 0 heterocycles. The van der Waals surface area contributed by atoms with Gasteiger partial charge in [-0.2, -0.15) is 0 Å². The molecule has 1 atom stereocenters. The van der Waals surface area contributed by atoms with Gasteiger partial charge in [0.1, 0.15) is 0 Å². The summed E-state index contributed by atoms with van der Waals surface area (Å²) < 4.78 is 0. The van der Waals surface area contributed by atoms with E-state index in [-0.39, 0.29) is 0 Å². The molecule has 0 aliphatic rings. The molecule has 0 aliphatic carbocycles. The monoisotopic (exact) mass is 142 g/mol. The van der Waals surface area contributed by atoms with Crippen molar-refractivity contribution in [3.05, 3.63) is 0 Å². The van der Waals surface area contributed by atoms with Gasteiger partial charge in [-0.25, -0.2) is 0 Å². The Kier molecular flexibility index (Phi) is 4.99. The van der Waals surface area contributed by atoms with E-state index in [2.05, 4.69) is 18.8 Å². The Labute approximate surface area is 63.5 Å². The molecule has 0 rings (SSSR count). The topological polar surface area (TPSA) is 38.4 Å². The van der Waals surface area contributed by atoms with Gasteiger partial charge < -0.3 is 5.73 Å². The van der Waals surface area contributed by atoms with Gasteiger partial charge in [0.2, 0.25) is 0 Å². The van der Waals surface area contributed by atoms with Gasteiger partial charge >= 0.3 is 0 Å². The van der Waals surface area contributed by atoms with Crippen molar-refractivity contribution in [2.75, 3.05) is 6.54 Å². The molecule has 0 saturated carbocycles. The Morgan fingerprint density at radius 2 is 2.10 bits per heavy atom. The molecule has 2 nitrogen and oxygen atoms in total. The van der Waals surface area contributed by atoms with Crippen LogP contribution in [0.3, 0.4) is 0 Å². The van der Waals surface area contributed by atoms with E-state index in [0.29, 0.717) is 5.92 Å². The Hall–Kier alpha value is -0.530. The van der Waals surface area contributed by atoms with Crippen LogP contribution in [0, 0.1) is 5.92 Å². The minimum absolute atomic E-state index is 0.676. The minimum atomic E-state index is 0.676. The van der Waals surface area contributed by atoms with Crippen molar-refractivity contribution in [2.24, 2.45) is 16.6 Å². The Morgan fingerprint density at radius 1 is 1.50 bits per heavy atom. The number of rotatable bonds is 4. The molecule has 2 heteroatoms. The maximum absolute atomic E-state index is 5.61. The zero-order valence-corrected chi connectivity index (χ0v) is 7.22. The molecule has 1 unspecified atom stereocenters. The third kappa shape index (κ3) is 4.36. The average Bonchev–Trinajstić information content (AvgIpc) is 1.88. The summed E-state index contributed by atoms with van der Waals surface area (Å²) in [5.74, 6) is 1.48. The van der Waals surface area contributed by atoms with Crippen LogP contribution in [-0.4, -0.2) is 12.4 Å². The van der Waals surface area contributed by atoms with E-state index in [4.69, 9.17) is 5.73 Å². The molecule has 0 aromatic heterocycles. The van der Waals surface area contributed by atoms with Gasteiger partial charge in [-0.05, 0) is 12.8 Å². The van der Waals surface area contributed by atoms with Gasteiger partial charge in [-0.1, -0.05) is 20.3 Å². The van der Waals surface area contributed by atoms with E-state index in [1.165, 1.54) is 6.42 Å². The molecule has 0 fully saturated rings. The summed E-state index contributed by atoms with van der Waals surface area (Å²) in [5, 5.41) is 0. The number of hydrogen-bond donors (Lipinski definition) is 1. The molecule has 0 amide bonds. The minimum Gasteiger partial charge on any atom is -0.387 e. The standard InChI is InChI=1S/C8H18N2/c1-4-7(3)6-8(9)10-5-2/h7H,4-6H2,1-3H3,(H2,9,10). The zero-order valence-electron chi connectivity index (χ0n) is 7.22. The first-order valence-electron chi connectivity index (χ1n) is 3.99. The highest BCUT2D eigenvalue weighted by Gasteiger charge is 1.99. The number of aliphatic imine (C=N–C) groups is 1. The van der Waals surface area contributed by atoms with Gasteiger partial charge in [-0.3, -0.25) is 4.99 Å². The van der Waals surface area contributed by atoms with Crippen molar-refractivity contribution in [3.63, 3.8) is 0 Å². The fourth-order valence-corrected chi connectivity index (χ4v) is 0.769. The quantitative estimate of drug-likeness (QED) is 0.471. The highest BCUT2D eigenvalue weighted by molar-refractivity contribution is 5.80. The van der Waals surface area contributed by atoms with Crippen LogP contribution in [0.5, 0.6) is 0 Å². The number of nitrogens with zero attached hydrogens (tertiary/aromatic N) is 1. The molecule has 2 N–H and O–H groups in total. The van der Waals surface area contributed by atoms with Gasteiger partial charge in [0.05, 0.1) is 5.84 Å². The molecule has 0 aliphatic heterocycles. The van der Waals surface area contributed by atoms with Crippen molar-refractivity contribution in [1.82, 2.24) is 0 Å². The molecule has 10 heavy (non-hydrogen) atoms. The summed E-state index contributed by atoms with van der Waals surface area (Å²) >= 11 is 0. The van der Waals surface area contributed by atoms with Crippen LogP contribution in [0.2, 0.25) is 0 Å². The van der Waals surface area contributed by atoms with Crippen LogP contribution >= 0.6 is 0 Å². The third-order valence-corrected chi connectivity index (χ3v) is 1.62. The highest BCUT2D eigenvalue weighted by Crippen LogP contribution is 2.05. The molecular weight excluding hydrogens is 124 g/mol. The predicted octanol–water partition coefficient (Wildman–Crippen LogP) is 1.80. The van der Waals surface area contributed by atoms with E-state index in [9.17, 15) is 0 Å². The number of nitrogens with two attached hydrogens (primary N) is 1. The van der Waals surface area contributed by atoms with Crippen molar-refractivity contribution < 1.29 is 0 Å². The molecule has 0 aromatic rings. The number of hydrogen-bond acceptors (Lipinski definition) is 1. The smallest absolute Gasteiger partial charge is 0.0939 e. The lowest BCUT2D eigenvalue weighted by atomic mass is 10.1. The summed E-state index contributed by atoms with van der Waals surface area (Å²) in [5.41, 5.74) is 5.61. The fraction of sp³-hybridized carbons (Fsp3) is 0.875. The Bertz CT molecular complexity index is 108. The van der Waals surface area contributed by atoms with Gasteiger partial charge in [0, 0.05) is 13.0 Å². The van der Waals surface area contributed by atoms with Crippen molar-refractivity contribution >= 4 is 5.84 Å². The normalized spacial score (nSPS) is 15.3. The van der Waals surface area contributed by atoms with E-state index in [0.717, 1.165) is 18.8 Å². The summed E-state index contributed by atoms with van der Waals surface area (Å²) in [6, 6.07) is 0. The summed E-state index contributed by atoms with van der Waals surface area (Å²) in [6.45, 7) is 7.17. The van der Waals surface area contributed by atoms with Gasteiger partial charge in [0.15, 0.2) is 0 Å². The van der Waals surface area contributed by atoms with Crippen LogP contribution < -0.4 is 5.73 Å². The van der Waals surface area contributed by atoms with Crippen molar-refractivity contribution in [3.8, 4) is 0 Å². The second kappa shape index (κ2) is 5.27. The first-order valence-corrected chi connectivity index (χ1v) is 3.99.